The molecule has 0 aliphatic heterocycles. The Morgan fingerprint density at radius 3 is 2.50 bits per heavy atom. The van der Waals surface area contributed by atoms with Crippen molar-refractivity contribution in [2.75, 3.05) is 6.61 Å². The van der Waals surface area contributed by atoms with Gasteiger partial charge in [-0.25, -0.2) is 4.79 Å². The van der Waals surface area contributed by atoms with Gasteiger partial charge in [0, 0.05) is 0 Å². The van der Waals surface area contributed by atoms with E-state index in [0.29, 0.717) is 6.61 Å². The fourth-order valence-corrected chi connectivity index (χ4v) is 0.142. The van der Waals surface area contributed by atoms with Crippen LogP contribution >= 0.6 is 0 Å². The SMILES string of the molecule is CCO[14C](N)=O. The van der Waals surface area contributed by atoms with Crippen LogP contribution in [0, 0.1) is 0 Å². The summed E-state index contributed by atoms with van der Waals surface area (Å²) in [6, 6.07) is 0. The van der Waals surface area contributed by atoms with Gasteiger partial charge >= 0.3 is 6.09 Å². The van der Waals surface area contributed by atoms with Crippen molar-refractivity contribution in [2.45, 2.75) is 6.92 Å². The van der Waals surface area contributed by atoms with Crippen LogP contribution in [-0.2, 0) is 4.74 Å². The Kier molecular flexibility index (Phi) is 2.20. The summed E-state index contributed by atoms with van der Waals surface area (Å²) in [6.45, 7) is 2.06. The summed E-state index contributed by atoms with van der Waals surface area (Å²) in [6.07, 6.45) is -0.711. The zero-order chi connectivity index (χ0) is 4.99. The van der Waals surface area contributed by atoms with Crippen molar-refractivity contribution < 1.29 is 9.53 Å². The maximum Gasteiger partial charge on any atom is 0.404 e. The first-order valence-electron chi connectivity index (χ1n) is 1.69. The Labute approximate surface area is 36.1 Å². The molecular formula is C3H7NO2. The lowest BCUT2D eigenvalue weighted by atomic mass is 10.9. The quantitative estimate of drug-likeness (QED) is 0.497. The predicted octanol–water partition coefficient (Wildman–Crippen LogP) is 0.102. The largest absolute Gasteiger partial charge is 0.450 e. The Balaban J connectivity index is 2.83. The molecule has 0 atom stereocenters. The fraction of sp³-hybridized carbons (Fsp3) is 0.667. The Hall–Kier alpha value is -0.730. The van der Waals surface area contributed by atoms with E-state index in [0.717, 1.165) is 0 Å². The molecule has 0 unspecified atom stereocenters. The van der Waals surface area contributed by atoms with Crippen LogP contribution in [0.1, 0.15) is 6.92 Å². The molecule has 2 N–H and O–H groups in total. The van der Waals surface area contributed by atoms with E-state index in [4.69, 9.17) is 0 Å². The third kappa shape index (κ3) is 3.27. The second-order valence-electron chi connectivity index (χ2n) is 0.752. The van der Waals surface area contributed by atoms with Gasteiger partial charge in [-0.15, -0.1) is 0 Å². The molecule has 3 nitrogen and oxygen atoms in total. The highest BCUT2D eigenvalue weighted by Gasteiger charge is 1.82. The van der Waals surface area contributed by atoms with Crippen molar-refractivity contribution >= 4 is 6.09 Å². The van der Waals surface area contributed by atoms with E-state index in [2.05, 4.69) is 10.5 Å². The number of carbonyl (C=O) groups is 1. The van der Waals surface area contributed by atoms with Crippen LogP contribution in [0.2, 0.25) is 0 Å². The number of rotatable bonds is 1. The van der Waals surface area contributed by atoms with Crippen LogP contribution in [-0.4, -0.2) is 12.7 Å². The molecule has 6 heavy (non-hydrogen) atoms. The number of carbonyl (C=O) groups excluding carboxylic acids is 1. The van der Waals surface area contributed by atoms with Crippen LogP contribution in [0.15, 0.2) is 0 Å². The second-order valence-corrected chi connectivity index (χ2v) is 0.752. The Morgan fingerprint density at radius 2 is 2.50 bits per heavy atom. The van der Waals surface area contributed by atoms with Gasteiger partial charge < -0.3 is 10.5 Å². The fourth-order valence-electron chi connectivity index (χ4n) is 0.142. The molecule has 0 radical (unpaired) electrons. The van der Waals surface area contributed by atoms with E-state index in [1.165, 1.54) is 0 Å². The van der Waals surface area contributed by atoms with Gasteiger partial charge in [-0.2, -0.15) is 0 Å². The molecule has 36 valence electrons. The Morgan fingerprint density at radius 1 is 2.00 bits per heavy atom. The molecule has 1 amide bonds. The van der Waals surface area contributed by atoms with Crippen LogP contribution in [0.4, 0.5) is 4.79 Å². The average Bonchev–Trinajstić information content (AvgIpc) is 1.35. The van der Waals surface area contributed by atoms with E-state index >= 15 is 0 Å². The maximum absolute atomic E-state index is 9.60. The highest BCUT2D eigenvalue weighted by Crippen LogP contribution is 1.66. The summed E-state index contributed by atoms with van der Waals surface area (Å²) in [7, 11) is 0. The second kappa shape index (κ2) is 2.50. The topological polar surface area (TPSA) is 52.3 Å². The first-order chi connectivity index (χ1) is 2.77. The zero-order valence-corrected chi connectivity index (χ0v) is 3.60. The van der Waals surface area contributed by atoms with E-state index in [1.54, 1.807) is 6.92 Å². The van der Waals surface area contributed by atoms with Gasteiger partial charge in [0.1, 0.15) is 0 Å². The third-order valence-electron chi connectivity index (χ3n) is 0.287. The van der Waals surface area contributed by atoms with Gasteiger partial charge in [0.05, 0.1) is 6.61 Å². The zero-order valence-electron chi connectivity index (χ0n) is 3.60. The first-order valence-corrected chi connectivity index (χ1v) is 1.69. The first kappa shape index (κ1) is 5.27. The van der Waals surface area contributed by atoms with E-state index < -0.39 is 6.09 Å². The van der Waals surface area contributed by atoms with Crippen molar-refractivity contribution in [3.8, 4) is 0 Å². The van der Waals surface area contributed by atoms with Crippen LogP contribution in [0.5, 0.6) is 0 Å². The lowest BCUT2D eigenvalue weighted by molar-refractivity contribution is 0.163. The van der Waals surface area contributed by atoms with Crippen LogP contribution < -0.4 is 5.73 Å². The smallest absolute Gasteiger partial charge is 0.404 e. The summed E-state index contributed by atoms with van der Waals surface area (Å²) < 4.78 is 4.18. The van der Waals surface area contributed by atoms with Crippen LogP contribution in [0.25, 0.3) is 0 Å². The molecule has 0 rings (SSSR count). The molecule has 0 heterocycles. The van der Waals surface area contributed by atoms with Crippen LogP contribution in [0.3, 0.4) is 0 Å². The molecule has 0 aromatic rings. The van der Waals surface area contributed by atoms with Crippen molar-refractivity contribution in [1.29, 1.82) is 0 Å². The lowest BCUT2D eigenvalue weighted by Gasteiger charge is -1.89. The number of amides is 1. The predicted molar refractivity (Wildman–Crippen MR) is 21.2 cm³/mol. The summed E-state index contributed by atoms with van der Waals surface area (Å²) in [5.41, 5.74) is 4.54. The minimum Gasteiger partial charge on any atom is -0.450 e. The van der Waals surface area contributed by atoms with Gasteiger partial charge in [-0.05, 0) is 6.92 Å². The molecule has 0 fully saturated rings. The average molecular weight is 91.1 g/mol. The molecule has 0 spiro atoms. The lowest BCUT2D eigenvalue weighted by Crippen LogP contribution is -2.11. The minimum absolute atomic E-state index is 0.356. The third-order valence-corrected chi connectivity index (χ3v) is 0.287. The maximum atomic E-state index is 9.60. The minimum atomic E-state index is -0.711. The van der Waals surface area contributed by atoms with Gasteiger partial charge in [0.25, 0.3) is 0 Å². The van der Waals surface area contributed by atoms with E-state index in [1.807, 2.05) is 0 Å². The Bertz CT molecular complexity index is 52.8. The molecule has 0 saturated carbocycles. The number of hydrogen-bond acceptors (Lipinski definition) is 2. The summed E-state index contributed by atoms with van der Waals surface area (Å²) in [4.78, 5) is 9.60. The van der Waals surface area contributed by atoms with Gasteiger partial charge in [0.2, 0.25) is 0 Å². The van der Waals surface area contributed by atoms with Crippen molar-refractivity contribution in [3.05, 3.63) is 0 Å². The normalized spacial score (nSPS) is 7.50. The standard InChI is InChI=1S/C3H7NO2/c1-2-6-3(4)5/h2H2,1H3,(H2,4,5)/i3+2. The van der Waals surface area contributed by atoms with Crippen molar-refractivity contribution in [1.82, 2.24) is 0 Å². The van der Waals surface area contributed by atoms with Crippen molar-refractivity contribution in [3.63, 3.8) is 0 Å². The molecule has 3 heteroatoms. The van der Waals surface area contributed by atoms with Gasteiger partial charge in [0.15, 0.2) is 0 Å². The van der Waals surface area contributed by atoms with E-state index in [9.17, 15) is 4.79 Å². The summed E-state index contributed by atoms with van der Waals surface area (Å²) in [5, 5.41) is 0. The molecular weight excluding hydrogens is 84.0 g/mol. The molecule has 0 aromatic heterocycles. The van der Waals surface area contributed by atoms with E-state index in [-0.39, 0.29) is 0 Å². The molecule has 0 aliphatic rings. The number of nitrogens with two attached hydrogens (primary N) is 1. The highest BCUT2D eigenvalue weighted by molar-refractivity contribution is 5.64. The molecule has 0 saturated heterocycles. The number of ether oxygens (including phenoxy) is 1. The summed E-state index contributed by atoms with van der Waals surface area (Å²) >= 11 is 0. The number of primary amides is 1. The van der Waals surface area contributed by atoms with Gasteiger partial charge in [-0.3, -0.25) is 0 Å². The molecule has 0 aliphatic carbocycles. The highest BCUT2D eigenvalue weighted by atomic mass is 16.8. The summed E-state index contributed by atoms with van der Waals surface area (Å²) in [5.74, 6) is 0. The van der Waals surface area contributed by atoms with Gasteiger partial charge in [-0.1, -0.05) is 0 Å². The monoisotopic (exact) mass is 91.1 g/mol. The number of hydrogen-bond donors (Lipinski definition) is 1. The van der Waals surface area contributed by atoms with Crippen molar-refractivity contribution in [2.24, 2.45) is 5.73 Å². The molecule has 0 bridgehead atoms. The molecule has 0 aromatic carbocycles.